The predicted octanol–water partition coefficient (Wildman–Crippen LogP) is 3.01. The highest BCUT2D eigenvalue weighted by atomic mass is 16.5. The van der Waals surface area contributed by atoms with Gasteiger partial charge in [0, 0.05) is 12.1 Å². The van der Waals surface area contributed by atoms with E-state index in [1.807, 2.05) is 30.3 Å². The molecular weight excluding hydrogens is 408 g/mol. The number of aromatic nitrogens is 2. The quantitative estimate of drug-likeness (QED) is 0.501. The Balaban J connectivity index is 1.92. The van der Waals surface area contributed by atoms with Crippen LogP contribution in [0.2, 0.25) is 0 Å². The first-order valence-corrected chi connectivity index (χ1v) is 10.7. The summed E-state index contributed by atoms with van der Waals surface area (Å²) >= 11 is 0. The molecule has 32 heavy (non-hydrogen) atoms. The van der Waals surface area contributed by atoms with E-state index in [0.717, 1.165) is 18.4 Å². The molecular formula is C24H28N4O4. The van der Waals surface area contributed by atoms with Crippen molar-refractivity contribution >= 4 is 17.4 Å². The Morgan fingerprint density at radius 2 is 1.75 bits per heavy atom. The zero-order chi connectivity index (χ0) is 23.1. The van der Waals surface area contributed by atoms with Gasteiger partial charge in [-0.2, -0.15) is 0 Å². The first kappa shape index (κ1) is 22.9. The van der Waals surface area contributed by atoms with Gasteiger partial charge in [-0.05, 0) is 43.2 Å². The molecule has 3 rings (SSSR count). The third kappa shape index (κ3) is 5.08. The Hall–Kier alpha value is -3.81. The van der Waals surface area contributed by atoms with Gasteiger partial charge in [-0.1, -0.05) is 43.7 Å². The topological polar surface area (TPSA) is 110 Å². The number of aromatic amines is 1. The highest BCUT2D eigenvalue weighted by Gasteiger charge is 2.24. The number of carbonyl (C=O) groups excluding carboxylic acids is 1. The standard InChI is InChI=1S/C24H28N4O4/c1-3-5-15-32-19-13-11-18(12-14-19)23(30)27(4-2)20-21(25)28(24(31)26-22(20)29)16-17-9-7-6-8-10-17/h6-14H,3-5,15-16,25H2,1-2H3,(H,26,29,31). The predicted molar refractivity (Wildman–Crippen MR) is 125 cm³/mol. The molecule has 0 bridgehead atoms. The zero-order valence-corrected chi connectivity index (χ0v) is 18.3. The summed E-state index contributed by atoms with van der Waals surface area (Å²) in [6.07, 6.45) is 1.98. The maximum absolute atomic E-state index is 13.2. The van der Waals surface area contributed by atoms with E-state index in [0.29, 0.717) is 17.9 Å². The summed E-state index contributed by atoms with van der Waals surface area (Å²) in [5.74, 6) is 0.221. The first-order chi connectivity index (χ1) is 15.5. The smallest absolute Gasteiger partial charge is 0.330 e. The molecule has 8 heteroatoms. The van der Waals surface area contributed by atoms with E-state index in [4.69, 9.17) is 10.5 Å². The summed E-state index contributed by atoms with van der Waals surface area (Å²) in [6, 6.07) is 16.0. The first-order valence-electron chi connectivity index (χ1n) is 10.7. The van der Waals surface area contributed by atoms with Crippen molar-refractivity contribution in [2.24, 2.45) is 0 Å². The molecule has 1 heterocycles. The third-order valence-corrected chi connectivity index (χ3v) is 5.10. The average Bonchev–Trinajstić information content (AvgIpc) is 2.80. The number of carbonyl (C=O) groups is 1. The van der Waals surface area contributed by atoms with Crippen LogP contribution in [0, 0.1) is 0 Å². The molecule has 0 saturated heterocycles. The molecule has 3 N–H and O–H groups in total. The Morgan fingerprint density at radius 3 is 2.38 bits per heavy atom. The Morgan fingerprint density at radius 1 is 1.06 bits per heavy atom. The van der Waals surface area contributed by atoms with Crippen molar-refractivity contribution in [2.45, 2.75) is 33.2 Å². The minimum atomic E-state index is -0.702. The summed E-state index contributed by atoms with van der Waals surface area (Å²) < 4.78 is 6.89. The van der Waals surface area contributed by atoms with Crippen LogP contribution >= 0.6 is 0 Å². The number of H-pyrrole nitrogens is 1. The van der Waals surface area contributed by atoms with Crippen LogP contribution in [0.3, 0.4) is 0 Å². The van der Waals surface area contributed by atoms with Gasteiger partial charge >= 0.3 is 5.69 Å². The fourth-order valence-electron chi connectivity index (χ4n) is 3.35. The van der Waals surface area contributed by atoms with Crippen LogP contribution < -0.4 is 26.6 Å². The van der Waals surface area contributed by atoms with Crippen molar-refractivity contribution in [3.63, 3.8) is 0 Å². The number of amides is 1. The van der Waals surface area contributed by atoms with Crippen molar-refractivity contribution in [3.05, 3.63) is 86.6 Å². The maximum Gasteiger partial charge on any atom is 0.330 e. The maximum atomic E-state index is 13.2. The molecule has 0 fully saturated rings. The van der Waals surface area contributed by atoms with Gasteiger partial charge in [0.15, 0.2) is 5.69 Å². The lowest BCUT2D eigenvalue weighted by Crippen LogP contribution is -2.41. The van der Waals surface area contributed by atoms with Crippen molar-refractivity contribution < 1.29 is 9.53 Å². The van der Waals surface area contributed by atoms with E-state index in [-0.39, 0.29) is 24.6 Å². The van der Waals surface area contributed by atoms with Crippen molar-refractivity contribution in [3.8, 4) is 5.75 Å². The zero-order valence-electron chi connectivity index (χ0n) is 18.3. The second kappa shape index (κ2) is 10.5. The van der Waals surface area contributed by atoms with Crippen molar-refractivity contribution in [1.29, 1.82) is 0 Å². The second-order valence-corrected chi connectivity index (χ2v) is 7.34. The van der Waals surface area contributed by atoms with Gasteiger partial charge < -0.3 is 15.4 Å². The molecule has 8 nitrogen and oxygen atoms in total. The Labute approximate surface area is 186 Å². The van der Waals surface area contributed by atoms with Crippen LogP contribution in [0.1, 0.15) is 42.6 Å². The SMILES string of the molecule is CCCCOc1ccc(C(=O)N(CC)c2c(N)n(Cc3ccccc3)c(=O)[nH]c2=O)cc1. The van der Waals surface area contributed by atoms with Gasteiger partial charge in [-0.25, -0.2) is 4.79 Å². The minimum absolute atomic E-state index is 0.0451. The van der Waals surface area contributed by atoms with E-state index in [1.54, 1.807) is 31.2 Å². The summed E-state index contributed by atoms with van der Waals surface area (Å²) in [7, 11) is 0. The molecule has 0 atom stereocenters. The van der Waals surface area contributed by atoms with Gasteiger partial charge in [-0.3, -0.25) is 19.1 Å². The summed E-state index contributed by atoms with van der Waals surface area (Å²) in [5.41, 5.74) is 6.10. The molecule has 1 amide bonds. The number of hydrogen-bond acceptors (Lipinski definition) is 5. The molecule has 0 aliphatic carbocycles. The summed E-state index contributed by atoms with van der Waals surface area (Å²) in [6.45, 7) is 4.81. The lowest BCUT2D eigenvalue weighted by molar-refractivity contribution is 0.0988. The Kier molecular flexibility index (Phi) is 7.49. The number of hydrogen-bond donors (Lipinski definition) is 2. The van der Waals surface area contributed by atoms with Crippen LogP contribution in [0.4, 0.5) is 11.5 Å². The molecule has 168 valence electrons. The molecule has 0 unspecified atom stereocenters. The van der Waals surface area contributed by atoms with Gasteiger partial charge in [0.05, 0.1) is 13.2 Å². The summed E-state index contributed by atoms with van der Waals surface area (Å²) in [5, 5.41) is 0. The van der Waals surface area contributed by atoms with Crippen molar-refractivity contribution in [2.75, 3.05) is 23.8 Å². The van der Waals surface area contributed by atoms with E-state index < -0.39 is 17.2 Å². The number of benzene rings is 2. The molecule has 0 aliphatic heterocycles. The number of nitrogens with one attached hydrogen (secondary N) is 1. The molecule has 1 aromatic heterocycles. The fourth-order valence-corrected chi connectivity index (χ4v) is 3.35. The Bertz CT molecular complexity index is 1170. The molecule has 2 aromatic carbocycles. The lowest BCUT2D eigenvalue weighted by atomic mass is 10.1. The highest BCUT2D eigenvalue weighted by Crippen LogP contribution is 2.21. The second-order valence-electron chi connectivity index (χ2n) is 7.34. The average molecular weight is 437 g/mol. The molecule has 0 spiro atoms. The van der Waals surface area contributed by atoms with Gasteiger partial charge in [0.25, 0.3) is 11.5 Å². The normalized spacial score (nSPS) is 10.7. The fraction of sp³-hybridized carbons (Fsp3) is 0.292. The van der Waals surface area contributed by atoms with Crippen LogP contribution in [0.25, 0.3) is 0 Å². The largest absolute Gasteiger partial charge is 0.494 e. The van der Waals surface area contributed by atoms with Crippen LogP contribution in [0.15, 0.2) is 64.2 Å². The van der Waals surface area contributed by atoms with Crippen LogP contribution in [-0.4, -0.2) is 28.6 Å². The number of nitrogens with zero attached hydrogens (tertiary/aromatic N) is 2. The summed E-state index contributed by atoms with van der Waals surface area (Å²) in [4.78, 5) is 41.8. The number of anilines is 2. The number of rotatable bonds is 9. The monoisotopic (exact) mass is 436 g/mol. The van der Waals surface area contributed by atoms with Crippen LogP contribution in [0.5, 0.6) is 5.75 Å². The molecule has 0 radical (unpaired) electrons. The van der Waals surface area contributed by atoms with Gasteiger partial charge in [-0.15, -0.1) is 0 Å². The van der Waals surface area contributed by atoms with Crippen molar-refractivity contribution in [1.82, 2.24) is 9.55 Å². The molecule has 0 aliphatic rings. The third-order valence-electron chi connectivity index (χ3n) is 5.10. The van der Waals surface area contributed by atoms with E-state index >= 15 is 0 Å². The number of ether oxygens (including phenoxy) is 1. The highest BCUT2D eigenvalue weighted by molar-refractivity contribution is 6.07. The number of unbranched alkanes of at least 4 members (excludes halogenated alkanes) is 1. The number of nitrogens with two attached hydrogens (primary N) is 1. The lowest BCUT2D eigenvalue weighted by Gasteiger charge is -2.23. The number of nitrogen functional groups attached to an aromatic ring is 1. The molecule has 0 saturated carbocycles. The van der Waals surface area contributed by atoms with E-state index in [9.17, 15) is 14.4 Å². The van der Waals surface area contributed by atoms with Gasteiger partial charge in [0.1, 0.15) is 11.6 Å². The van der Waals surface area contributed by atoms with Gasteiger partial charge in [0.2, 0.25) is 0 Å². The minimum Gasteiger partial charge on any atom is -0.494 e. The van der Waals surface area contributed by atoms with E-state index in [1.165, 1.54) is 9.47 Å². The van der Waals surface area contributed by atoms with E-state index in [2.05, 4.69) is 11.9 Å². The van der Waals surface area contributed by atoms with Crippen LogP contribution in [-0.2, 0) is 6.54 Å². The molecule has 3 aromatic rings.